The molecule has 0 aliphatic heterocycles. The Labute approximate surface area is 278 Å². The highest BCUT2D eigenvalue weighted by atomic mass is 79.9. The summed E-state index contributed by atoms with van der Waals surface area (Å²) in [4.78, 5) is 44.7. The highest BCUT2D eigenvalue weighted by Crippen LogP contribution is 2.36. The average Bonchev–Trinajstić information content (AvgIpc) is 3.06. The van der Waals surface area contributed by atoms with Crippen molar-refractivity contribution in [3.8, 4) is 0 Å². The Morgan fingerprint density at radius 1 is 0.800 bits per heavy atom. The molecule has 5 rings (SSSR count). The van der Waals surface area contributed by atoms with Crippen molar-refractivity contribution < 1.29 is 14.4 Å². The minimum absolute atomic E-state index is 0.0806. The molecule has 45 heavy (non-hydrogen) atoms. The molecule has 0 aliphatic rings. The van der Waals surface area contributed by atoms with E-state index in [0.29, 0.717) is 22.1 Å². The largest absolute Gasteiger partial charge is 0.321 e. The molecule has 1 heterocycles. The third kappa shape index (κ3) is 9.15. The second kappa shape index (κ2) is 15.3. The summed E-state index contributed by atoms with van der Waals surface area (Å²) in [6, 6.07) is 36.0. The van der Waals surface area contributed by atoms with Crippen molar-refractivity contribution in [3.63, 3.8) is 0 Å². The smallest absolute Gasteiger partial charge is 0.272 e. The van der Waals surface area contributed by atoms with Gasteiger partial charge in [-0.15, -0.1) is 11.8 Å². The van der Waals surface area contributed by atoms with Crippen LogP contribution in [-0.4, -0.2) is 22.7 Å². The fraction of sp³-hybridized carbons (Fsp3) is 0.0286. The van der Waals surface area contributed by atoms with Gasteiger partial charge in [-0.3, -0.25) is 14.4 Å². The molecule has 0 radical (unpaired) electrons. The number of carbonyl (C=O) groups is 3. The summed E-state index contributed by atoms with van der Waals surface area (Å²) in [6.45, 7) is 0. The lowest BCUT2D eigenvalue weighted by atomic mass is 10.1. The molecule has 0 bridgehead atoms. The normalized spacial score (nSPS) is 11.7. The van der Waals surface area contributed by atoms with E-state index in [1.807, 2.05) is 72.8 Å². The maximum atomic E-state index is 13.4. The predicted molar refractivity (Wildman–Crippen MR) is 184 cm³/mol. The van der Waals surface area contributed by atoms with Gasteiger partial charge in [0.15, 0.2) is 0 Å². The van der Waals surface area contributed by atoms with Gasteiger partial charge in [-0.05, 0) is 77.9 Å². The number of halogens is 2. The molecule has 3 amide bonds. The zero-order valence-electron chi connectivity index (χ0n) is 23.6. The minimum atomic E-state index is -0.572. The van der Waals surface area contributed by atoms with Crippen LogP contribution in [0.2, 0.25) is 5.02 Å². The zero-order chi connectivity index (χ0) is 31.6. The lowest BCUT2D eigenvalue weighted by molar-refractivity contribution is -0.116. The molecule has 0 spiro atoms. The van der Waals surface area contributed by atoms with Gasteiger partial charge in [0.1, 0.15) is 16.8 Å². The second-order valence-corrected chi connectivity index (χ2v) is 12.2. The fourth-order valence-corrected chi connectivity index (χ4v) is 5.75. The van der Waals surface area contributed by atoms with E-state index in [0.717, 1.165) is 20.5 Å². The standard InChI is InChI=1S/C35H26BrClN4O3S/c36-26-13-7-8-23(20-26)21-30(40-33(42)25-11-5-2-6-12-25)34(43)39-28-15-17-29(18-16-28)45-32(24-9-3-1-4-10-24)35(44)41-31-19-14-27(37)22-38-31/h1-22,32H,(H,39,43)(H,40,42)(H,38,41,44)/b30-21-. The van der Waals surface area contributed by atoms with Crippen molar-refractivity contribution in [2.45, 2.75) is 10.1 Å². The van der Waals surface area contributed by atoms with Crippen molar-refractivity contribution >= 4 is 74.6 Å². The zero-order valence-corrected chi connectivity index (χ0v) is 26.8. The van der Waals surface area contributed by atoms with Crippen molar-refractivity contribution in [1.29, 1.82) is 0 Å². The number of hydrogen-bond donors (Lipinski definition) is 3. The minimum Gasteiger partial charge on any atom is -0.321 e. The molecule has 0 saturated carbocycles. The first kappa shape index (κ1) is 31.7. The highest BCUT2D eigenvalue weighted by molar-refractivity contribution is 9.10. The summed E-state index contributed by atoms with van der Waals surface area (Å²) in [6.07, 6.45) is 3.09. The van der Waals surface area contributed by atoms with Crippen molar-refractivity contribution in [2.24, 2.45) is 0 Å². The van der Waals surface area contributed by atoms with E-state index in [9.17, 15) is 14.4 Å². The number of nitrogens with one attached hydrogen (secondary N) is 3. The van der Waals surface area contributed by atoms with Crippen LogP contribution in [0.3, 0.4) is 0 Å². The molecule has 224 valence electrons. The third-order valence-corrected chi connectivity index (χ3v) is 8.36. The van der Waals surface area contributed by atoms with Gasteiger partial charge in [0, 0.05) is 26.8 Å². The number of nitrogens with zero attached hydrogens (tertiary/aromatic N) is 1. The van der Waals surface area contributed by atoms with E-state index in [4.69, 9.17) is 11.6 Å². The van der Waals surface area contributed by atoms with Gasteiger partial charge in [0.05, 0.1) is 5.02 Å². The summed E-state index contributed by atoms with van der Waals surface area (Å²) >= 11 is 10.7. The van der Waals surface area contributed by atoms with E-state index >= 15 is 0 Å². The molecule has 5 aromatic rings. The van der Waals surface area contributed by atoms with Crippen molar-refractivity contribution in [3.05, 3.63) is 159 Å². The van der Waals surface area contributed by atoms with Gasteiger partial charge in [-0.1, -0.05) is 88.2 Å². The first-order chi connectivity index (χ1) is 21.8. The summed E-state index contributed by atoms with van der Waals surface area (Å²) in [5, 5.41) is 8.37. The van der Waals surface area contributed by atoms with Crippen LogP contribution in [0.5, 0.6) is 0 Å². The number of aromatic nitrogens is 1. The lowest BCUT2D eigenvalue weighted by Crippen LogP contribution is -2.30. The van der Waals surface area contributed by atoms with E-state index in [-0.39, 0.29) is 11.6 Å². The van der Waals surface area contributed by atoms with Crippen LogP contribution in [-0.2, 0) is 9.59 Å². The topological polar surface area (TPSA) is 100 Å². The third-order valence-electron chi connectivity index (χ3n) is 6.37. The molecule has 4 aromatic carbocycles. The molecule has 1 unspecified atom stereocenters. The molecule has 3 N–H and O–H groups in total. The van der Waals surface area contributed by atoms with E-state index < -0.39 is 17.1 Å². The van der Waals surface area contributed by atoms with Gasteiger partial charge in [-0.2, -0.15) is 0 Å². The predicted octanol–water partition coefficient (Wildman–Crippen LogP) is 8.38. The van der Waals surface area contributed by atoms with E-state index in [2.05, 4.69) is 36.9 Å². The number of amides is 3. The van der Waals surface area contributed by atoms with E-state index in [1.54, 1.807) is 54.6 Å². The monoisotopic (exact) mass is 696 g/mol. The van der Waals surface area contributed by atoms with E-state index in [1.165, 1.54) is 18.0 Å². The second-order valence-electron chi connectivity index (χ2n) is 9.67. The fourth-order valence-electron chi connectivity index (χ4n) is 4.20. The Kier molecular flexibility index (Phi) is 10.8. The van der Waals surface area contributed by atoms with Crippen LogP contribution in [0.15, 0.2) is 143 Å². The van der Waals surface area contributed by atoms with Crippen molar-refractivity contribution in [2.75, 3.05) is 10.6 Å². The Morgan fingerprint density at radius 2 is 1.51 bits per heavy atom. The first-order valence-electron chi connectivity index (χ1n) is 13.7. The molecule has 1 atom stereocenters. The summed E-state index contributed by atoms with van der Waals surface area (Å²) in [5.74, 6) is -0.737. The number of carbonyl (C=O) groups excluding carboxylic acids is 3. The first-order valence-corrected chi connectivity index (χ1v) is 15.8. The van der Waals surface area contributed by atoms with Crippen molar-refractivity contribution in [1.82, 2.24) is 10.3 Å². The number of pyridine rings is 1. The summed E-state index contributed by atoms with van der Waals surface area (Å²) < 4.78 is 0.838. The Hall–Kier alpha value is -4.70. The van der Waals surface area contributed by atoms with Crippen LogP contribution >= 0.6 is 39.3 Å². The number of rotatable bonds is 10. The van der Waals surface area contributed by atoms with Crippen LogP contribution in [0.4, 0.5) is 11.5 Å². The maximum absolute atomic E-state index is 13.4. The molecular weight excluding hydrogens is 672 g/mol. The molecule has 0 fully saturated rings. The van der Waals surface area contributed by atoms with Gasteiger partial charge < -0.3 is 16.0 Å². The number of anilines is 2. The lowest BCUT2D eigenvalue weighted by Gasteiger charge is -2.17. The molecule has 7 nitrogen and oxygen atoms in total. The Balaban J connectivity index is 1.32. The number of thioether (sulfide) groups is 1. The molecule has 1 aromatic heterocycles. The highest BCUT2D eigenvalue weighted by Gasteiger charge is 2.23. The average molecular weight is 698 g/mol. The van der Waals surface area contributed by atoms with Gasteiger partial charge in [0.2, 0.25) is 5.91 Å². The quantitative estimate of drug-likeness (QED) is 0.101. The van der Waals surface area contributed by atoms with Gasteiger partial charge in [-0.25, -0.2) is 4.98 Å². The molecule has 10 heteroatoms. The van der Waals surface area contributed by atoms with Gasteiger partial charge >= 0.3 is 0 Å². The summed E-state index contributed by atoms with van der Waals surface area (Å²) in [7, 11) is 0. The molecule has 0 aliphatic carbocycles. The molecule has 0 saturated heterocycles. The number of benzene rings is 4. The SMILES string of the molecule is O=C(Nc1ccc(SC(C(=O)Nc2ccc(Cl)cn2)c2ccccc2)cc1)/C(=C/c1cccc(Br)c1)NC(=O)c1ccccc1. The Morgan fingerprint density at radius 3 is 2.18 bits per heavy atom. The molecular formula is C35H26BrClN4O3S. The Bertz CT molecular complexity index is 1820. The van der Waals surface area contributed by atoms with Crippen LogP contribution in [0.1, 0.15) is 26.7 Å². The summed E-state index contributed by atoms with van der Waals surface area (Å²) in [5.41, 5.74) is 2.58. The van der Waals surface area contributed by atoms with Crippen LogP contribution < -0.4 is 16.0 Å². The van der Waals surface area contributed by atoms with Crippen LogP contribution in [0, 0.1) is 0 Å². The van der Waals surface area contributed by atoms with Gasteiger partial charge in [0.25, 0.3) is 11.8 Å². The maximum Gasteiger partial charge on any atom is 0.272 e. The number of hydrogen-bond acceptors (Lipinski definition) is 5. The van der Waals surface area contributed by atoms with Crippen LogP contribution in [0.25, 0.3) is 6.08 Å².